The minimum atomic E-state index is 0.923. The van der Waals surface area contributed by atoms with Gasteiger partial charge >= 0.3 is 0 Å². The Bertz CT molecular complexity index is 2310. The van der Waals surface area contributed by atoms with E-state index in [1.807, 2.05) is 0 Å². The Balaban J connectivity index is 1.26. The maximum atomic E-state index is 6.61. The summed E-state index contributed by atoms with van der Waals surface area (Å²) < 4.78 is 6.61. The predicted octanol–water partition coefficient (Wildman–Crippen LogP) is 10.9. The summed E-state index contributed by atoms with van der Waals surface area (Å²) in [6.45, 7) is 0. The lowest BCUT2D eigenvalue weighted by Crippen LogP contribution is -1.98. The second-order valence-electron chi connectivity index (χ2n) is 10.5. The van der Waals surface area contributed by atoms with Crippen molar-refractivity contribution in [2.24, 2.45) is 0 Å². The van der Waals surface area contributed by atoms with Crippen molar-refractivity contribution in [2.75, 3.05) is 0 Å². The van der Waals surface area contributed by atoms with Gasteiger partial charge in [-0.05, 0) is 90.1 Å². The lowest BCUT2D eigenvalue weighted by molar-refractivity contribution is 0.493. The van der Waals surface area contributed by atoms with Crippen molar-refractivity contribution in [1.29, 1.82) is 0 Å². The standard InChI is InChI=1S/C38H22O/c1-2-8-25-22-35-28(20-24(25)7-1)13-12-26-21-27(15-16-30(26)35)29-18-19-33-34-17-14-23-6-3-4-9-31(23)38(34)39-36-11-5-10-32(29)37(33)36/h1-22H. The van der Waals surface area contributed by atoms with E-state index in [2.05, 4.69) is 133 Å². The van der Waals surface area contributed by atoms with E-state index >= 15 is 0 Å². The zero-order valence-electron chi connectivity index (χ0n) is 21.1. The van der Waals surface area contributed by atoms with Crippen molar-refractivity contribution >= 4 is 53.9 Å². The normalized spacial score (nSPS) is 12.3. The molecular weight excluding hydrogens is 472 g/mol. The van der Waals surface area contributed by atoms with Crippen LogP contribution in [0.25, 0.3) is 76.1 Å². The van der Waals surface area contributed by atoms with Crippen molar-refractivity contribution in [3.63, 3.8) is 0 Å². The van der Waals surface area contributed by atoms with Crippen LogP contribution in [-0.2, 0) is 0 Å². The van der Waals surface area contributed by atoms with Crippen molar-refractivity contribution in [3.8, 4) is 33.8 Å². The smallest absolute Gasteiger partial charge is 0.143 e. The second kappa shape index (κ2) is 7.69. The van der Waals surface area contributed by atoms with Crippen LogP contribution in [0.15, 0.2) is 133 Å². The van der Waals surface area contributed by atoms with Crippen LogP contribution in [0.4, 0.5) is 0 Å². The molecule has 0 aromatic heterocycles. The molecule has 0 radical (unpaired) electrons. The molecule has 9 rings (SSSR count). The third-order valence-electron chi connectivity index (χ3n) is 8.40. The molecule has 1 aliphatic heterocycles. The highest BCUT2D eigenvalue weighted by Crippen LogP contribution is 2.51. The van der Waals surface area contributed by atoms with Crippen LogP contribution < -0.4 is 4.74 Å². The van der Waals surface area contributed by atoms with Gasteiger partial charge in [0.25, 0.3) is 0 Å². The first-order valence-corrected chi connectivity index (χ1v) is 13.4. The third-order valence-corrected chi connectivity index (χ3v) is 8.40. The number of fused-ring (bicyclic) bond motifs is 8. The fourth-order valence-electron chi connectivity index (χ4n) is 6.53. The average molecular weight is 495 g/mol. The SMILES string of the molecule is c1ccc2cc3c(ccc4cc(-c5ccc6c7c(cccc57)Oc5c-6ccc6ccccc56)ccc43)cc2c1. The van der Waals surface area contributed by atoms with Crippen molar-refractivity contribution in [3.05, 3.63) is 133 Å². The predicted molar refractivity (Wildman–Crippen MR) is 165 cm³/mol. The quantitative estimate of drug-likeness (QED) is 0.163. The van der Waals surface area contributed by atoms with Gasteiger partial charge in [-0.1, -0.05) is 103 Å². The molecule has 39 heavy (non-hydrogen) atoms. The number of rotatable bonds is 1. The van der Waals surface area contributed by atoms with Gasteiger partial charge < -0.3 is 4.74 Å². The van der Waals surface area contributed by atoms with Crippen molar-refractivity contribution < 1.29 is 4.74 Å². The van der Waals surface area contributed by atoms with Gasteiger partial charge in [0.05, 0.1) is 0 Å². The highest BCUT2D eigenvalue weighted by molar-refractivity contribution is 6.15. The number of hydrogen-bond donors (Lipinski definition) is 0. The first kappa shape index (κ1) is 20.9. The van der Waals surface area contributed by atoms with E-state index in [1.165, 1.54) is 65.2 Å². The summed E-state index contributed by atoms with van der Waals surface area (Å²) in [5.74, 6) is 1.87. The van der Waals surface area contributed by atoms with Gasteiger partial charge in [-0.15, -0.1) is 0 Å². The van der Waals surface area contributed by atoms with Crippen LogP contribution in [0.2, 0.25) is 0 Å². The maximum Gasteiger partial charge on any atom is 0.143 e. The zero-order chi connectivity index (χ0) is 25.5. The Kier molecular flexibility index (Phi) is 4.11. The van der Waals surface area contributed by atoms with E-state index in [0.717, 1.165) is 22.4 Å². The fourth-order valence-corrected chi connectivity index (χ4v) is 6.53. The lowest BCUT2D eigenvalue weighted by atomic mass is 9.88. The van der Waals surface area contributed by atoms with E-state index in [9.17, 15) is 0 Å². The van der Waals surface area contributed by atoms with Gasteiger partial charge in [0.15, 0.2) is 0 Å². The molecule has 1 heteroatoms. The summed E-state index contributed by atoms with van der Waals surface area (Å²) in [7, 11) is 0. The van der Waals surface area contributed by atoms with Crippen molar-refractivity contribution in [2.45, 2.75) is 0 Å². The summed E-state index contributed by atoms with van der Waals surface area (Å²) in [4.78, 5) is 0. The van der Waals surface area contributed by atoms with E-state index in [-0.39, 0.29) is 0 Å². The number of hydrogen-bond acceptors (Lipinski definition) is 1. The van der Waals surface area contributed by atoms with E-state index in [0.29, 0.717) is 0 Å². The van der Waals surface area contributed by atoms with E-state index < -0.39 is 0 Å². The lowest BCUT2D eigenvalue weighted by Gasteiger charge is -2.24. The molecule has 1 heterocycles. The van der Waals surface area contributed by atoms with Crippen LogP contribution in [-0.4, -0.2) is 0 Å². The zero-order valence-corrected chi connectivity index (χ0v) is 21.1. The van der Waals surface area contributed by atoms with Crippen LogP contribution >= 0.6 is 0 Å². The highest BCUT2D eigenvalue weighted by Gasteiger charge is 2.23. The summed E-state index contributed by atoms with van der Waals surface area (Å²) >= 11 is 0. The minimum absolute atomic E-state index is 0.923. The van der Waals surface area contributed by atoms with Crippen LogP contribution in [0.5, 0.6) is 11.5 Å². The Hall–Kier alpha value is -5.14. The monoisotopic (exact) mass is 494 g/mol. The number of ether oxygens (including phenoxy) is 1. The Labute approximate surface area is 225 Å². The van der Waals surface area contributed by atoms with E-state index in [1.54, 1.807) is 0 Å². The molecule has 0 fully saturated rings. The molecule has 0 saturated heterocycles. The second-order valence-corrected chi connectivity index (χ2v) is 10.5. The van der Waals surface area contributed by atoms with Gasteiger partial charge in [-0.3, -0.25) is 0 Å². The molecule has 180 valence electrons. The highest BCUT2D eigenvalue weighted by atomic mass is 16.5. The molecule has 0 atom stereocenters. The largest absolute Gasteiger partial charge is 0.455 e. The molecule has 0 spiro atoms. The van der Waals surface area contributed by atoms with Crippen LogP contribution in [0.3, 0.4) is 0 Å². The molecule has 0 amide bonds. The molecule has 0 unspecified atom stereocenters. The topological polar surface area (TPSA) is 9.23 Å². The average Bonchev–Trinajstić information content (AvgIpc) is 3.00. The Morgan fingerprint density at radius 3 is 1.95 bits per heavy atom. The minimum Gasteiger partial charge on any atom is -0.455 e. The van der Waals surface area contributed by atoms with Crippen molar-refractivity contribution in [1.82, 2.24) is 0 Å². The first-order chi connectivity index (χ1) is 19.3. The van der Waals surface area contributed by atoms with E-state index in [4.69, 9.17) is 4.74 Å². The Morgan fingerprint density at radius 2 is 1.05 bits per heavy atom. The first-order valence-electron chi connectivity index (χ1n) is 13.4. The Morgan fingerprint density at radius 1 is 0.359 bits per heavy atom. The summed E-state index contributed by atoms with van der Waals surface area (Å²) in [5, 5.41) is 12.4. The maximum absolute atomic E-state index is 6.61. The van der Waals surface area contributed by atoms with Gasteiger partial charge in [0, 0.05) is 16.3 Å². The van der Waals surface area contributed by atoms with Gasteiger partial charge in [-0.2, -0.15) is 0 Å². The molecule has 8 aromatic rings. The number of benzene rings is 8. The molecule has 1 aliphatic rings. The molecule has 0 saturated carbocycles. The summed E-state index contributed by atoms with van der Waals surface area (Å²) in [5.41, 5.74) is 4.83. The molecule has 0 bridgehead atoms. The van der Waals surface area contributed by atoms with Gasteiger partial charge in [0.1, 0.15) is 11.5 Å². The summed E-state index contributed by atoms with van der Waals surface area (Å²) in [6, 6.07) is 48.4. The molecule has 0 N–H and O–H groups in total. The third kappa shape index (κ3) is 2.96. The summed E-state index contributed by atoms with van der Waals surface area (Å²) in [6.07, 6.45) is 0. The van der Waals surface area contributed by atoms with Crippen LogP contribution in [0.1, 0.15) is 0 Å². The fraction of sp³-hybridized carbons (Fsp3) is 0. The molecule has 1 nitrogen and oxygen atoms in total. The van der Waals surface area contributed by atoms with Gasteiger partial charge in [0.2, 0.25) is 0 Å². The molecular formula is C38H22O. The van der Waals surface area contributed by atoms with Gasteiger partial charge in [-0.25, -0.2) is 0 Å². The van der Waals surface area contributed by atoms with Crippen LogP contribution in [0, 0.1) is 0 Å². The molecule has 8 aromatic carbocycles. The molecule has 0 aliphatic carbocycles.